The molecule has 1 nitrogen and oxygen atoms in total. The molecule has 2 heteroatoms. The highest BCUT2D eigenvalue weighted by Gasteiger charge is 2.16. The van der Waals surface area contributed by atoms with E-state index in [0.717, 1.165) is 5.92 Å². The number of nitrogens with zero attached hydrogens (tertiary/aromatic N) is 1. The first kappa shape index (κ1) is 11.7. The molecule has 0 radical (unpaired) electrons. The van der Waals surface area contributed by atoms with Crippen LogP contribution in [-0.4, -0.2) is 4.98 Å². The van der Waals surface area contributed by atoms with Crippen LogP contribution in [0.5, 0.6) is 0 Å². The quantitative estimate of drug-likeness (QED) is 0.665. The first-order valence-electron chi connectivity index (χ1n) is 5.78. The average molecular weight is 211 g/mol. The van der Waals surface area contributed by atoms with E-state index >= 15 is 0 Å². The van der Waals surface area contributed by atoms with Gasteiger partial charge in [-0.15, -0.1) is 11.3 Å². The second-order valence-electron chi connectivity index (χ2n) is 3.62. The zero-order valence-corrected chi connectivity index (χ0v) is 10.4. The molecule has 0 N–H and O–H groups in total. The van der Waals surface area contributed by atoms with Gasteiger partial charge in [0.05, 0.1) is 5.01 Å². The summed E-state index contributed by atoms with van der Waals surface area (Å²) >= 11 is 1.88. The SMILES string of the molecule is CC.Cc1ncc(C2CCCCC2)s1. The number of rotatable bonds is 1. The fourth-order valence-corrected chi connectivity index (χ4v) is 2.91. The Hall–Kier alpha value is -0.370. The van der Waals surface area contributed by atoms with Crippen molar-refractivity contribution in [3.05, 3.63) is 16.1 Å². The molecule has 0 aromatic carbocycles. The second-order valence-corrected chi connectivity index (χ2v) is 4.88. The minimum absolute atomic E-state index is 0.838. The van der Waals surface area contributed by atoms with Crippen molar-refractivity contribution < 1.29 is 0 Å². The van der Waals surface area contributed by atoms with Crippen molar-refractivity contribution in [1.82, 2.24) is 4.98 Å². The lowest BCUT2D eigenvalue weighted by Gasteiger charge is -2.19. The summed E-state index contributed by atoms with van der Waals surface area (Å²) in [6.45, 7) is 6.09. The predicted octanol–water partition coefficient (Wildman–Crippen LogP) is 4.53. The Morgan fingerprint density at radius 2 is 1.86 bits per heavy atom. The van der Waals surface area contributed by atoms with Crippen LogP contribution in [0.25, 0.3) is 0 Å². The minimum Gasteiger partial charge on any atom is -0.250 e. The molecule has 1 aliphatic carbocycles. The van der Waals surface area contributed by atoms with Crippen LogP contribution in [0, 0.1) is 6.92 Å². The molecule has 80 valence electrons. The number of thiazole rings is 1. The lowest BCUT2D eigenvalue weighted by Crippen LogP contribution is -2.02. The van der Waals surface area contributed by atoms with Gasteiger partial charge in [0.15, 0.2) is 0 Å². The molecule has 0 unspecified atom stereocenters. The Kier molecular flexibility index (Phi) is 5.16. The molecule has 1 saturated carbocycles. The van der Waals surface area contributed by atoms with Gasteiger partial charge in [-0.25, -0.2) is 4.98 Å². The van der Waals surface area contributed by atoms with Gasteiger partial charge in [-0.2, -0.15) is 0 Å². The van der Waals surface area contributed by atoms with Crippen LogP contribution in [0.1, 0.15) is 61.8 Å². The van der Waals surface area contributed by atoms with Gasteiger partial charge in [-0.1, -0.05) is 33.1 Å². The van der Waals surface area contributed by atoms with Crippen molar-refractivity contribution in [2.45, 2.75) is 58.8 Å². The van der Waals surface area contributed by atoms with Gasteiger partial charge in [0.25, 0.3) is 0 Å². The fourth-order valence-electron chi connectivity index (χ4n) is 1.95. The van der Waals surface area contributed by atoms with Crippen LogP contribution in [0.2, 0.25) is 0 Å². The maximum atomic E-state index is 4.31. The fraction of sp³-hybridized carbons (Fsp3) is 0.750. The molecule has 1 heterocycles. The lowest BCUT2D eigenvalue weighted by molar-refractivity contribution is 0.448. The Balaban J connectivity index is 0.000000461. The van der Waals surface area contributed by atoms with E-state index in [1.54, 1.807) is 0 Å². The highest BCUT2D eigenvalue weighted by molar-refractivity contribution is 7.11. The van der Waals surface area contributed by atoms with Gasteiger partial charge >= 0.3 is 0 Å². The molecule has 0 saturated heterocycles. The zero-order chi connectivity index (χ0) is 10.4. The van der Waals surface area contributed by atoms with Crippen molar-refractivity contribution in [2.75, 3.05) is 0 Å². The molecule has 0 aliphatic heterocycles. The van der Waals surface area contributed by atoms with Gasteiger partial charge in [-0.05, 0) is 25.7 Å². The van der Waals surface area contributed by atoms with Gasteiger partial charge < -0.3 is 0 Å². The summed E-state index contributed by atoms with van der Waals surface area (Å²) in [5.41, 5.74) is 0. The van der Waals surface area contributed by atoms with Gasteiger partial charge in [0, 0.05) is 11.1 Å². The number of hydrogen-bond acceptors (Lipinski definition) is 2. The molecular formula is C12H21NS. The molecule has 0 spiro atoms. The summed E-state index contributed by atoms with van der Waals surface area (Å²) in [4.78, 5) is 5.83. The summed E-state index contributed by atoms with van der Waals surface area (Å²) in [5, 5.41) is 1.22. The minimum atomic E-state index is 0.838. The highest BCUT2D eigenvalue weighted by Crippen LogP contribution is 2.35. The number of aryl methyl sites for hydroxylation is 1. The zero-order valence-electron chi connectivity index (χ0n) is 9.55. The normalized spacial score (nSPS) is 17.4. The number of aromatic nitrogens is 1. The van der Waals surface area contributed by atoms with E-state index in [4.69, 9.17) is 0 Å². The van der Waals surface area contributed by atoms with Crippen LogP contribution < -0.4 is 0 Å². The summed E-state index contributed by atoms with van der Waals surface area (Å²) in [6.07, 6.45) is 9.14. The third-order valence-electron chi connectivity index (χ3n) is 2.65. The Labute approximate surface area is 91.6 Å². The van der Waals surface area contributed by atoms with E-state index in [9.17, 15) is 0 Å². The molecule has 1 aromatic heterocycles. The molecule has 0 amide bonds. The maximum Gasteiger partial charge on any atom is 0.0896 e. The molecule has 1 fully saturated rings. The van der Waals surface area contributed by atoms with Crippen molar-refractivity contribution in [1.29, 1.82) is 0 Å². The topological polar surface area (TPSA) is 12.9 Å². The van der Waals surface area contributed by atoms with Crippen LogP contribution in [0.15, 0.2) is 6.20 Å². The smallest absolute Gasteiger partial charge is 0.0896 e. The Morgan fingerprint density at radius 3 is 2.36 bits per heavy atom. The van der Waals surface area contributed by atoms with Gasteiger partial charge in [0.1, 0.15) is 0 Å². The molecule has 14 heavy (non-hydrogen) atoms. The lowest BCUT2D eigenvalue weighted by atomic mass is 9.89. The third kappa shape index (κ3) is 3.09. The molecule has 2 rings (SSSR count). The van der Waals surface area contributed by atoms with Crippen LogP contribution >= 0.6 is 11.3 Å². The van der Waals surface area contributed by atoms with Crippen molar-refractivity contribution in [2.24, 2.45) is 0 Å². The molecule has 0 atom stereocenters. The largest absolute Gasteiger partial charge is 0.250 e. The monoisotopic (exact) mass is 211 g/mol. The summed E-state index contributed by atoms with van der Waals surface area (Å²) < 4.78 is 0. The maximum absolute atomic E-state index is 4.31. The van der Waals surface area contributed by atoms with E-state index in [1.807, 2.05) is 25.2 Å². The van der Waals surface area contributed by atoms with Crippen LogP contribution in [0.4, 0.5) is 0 Å². The van der Waals surface area contributed by atoms with Gasteiger partial charge in [-0.3, -0.25) is 0 Å². The van der Waals surface area contributed by atoms with E-state index in [2.05, 4.69) is 18.1 Å². The Bertz CT molecular complexity index is 249. The first-order chi connectivity index (χ1) is 6.86. The van der Waals surface area contributed by atoms with Crippen molar-refractivity contribution in [3.63, 3.8) is 0 Å². The van der Waals surface area contributed by atoms with E-state index in [0.29, 0.717) is 0 Å². The molecule has 0 bridgehead atoms. The standard InChI is InChI=1S/C10H15NS.C2H6/c1-8-11-7-10(12-8)9-5-3-2-4-6-9;1-2/h7,9H,2-6H2,1H3;1-2H3. The van der Waals surface area contributed by atoms with E-state index in [1.165, 1.54) is 42.0 Å². The van der Waals surface area contributed by atoms with E-state index < -0.39 is 0 Å². The molecular weight excluding hydrogens is 190 g/mol. The number of hydrogen-bond donors (Lipinski definition) is 0. The van der Waals surface area contributed by atoms with Gasteiger partial charge in [0.2, 0.25) is 0 Å². The molecule has 1 aliphatic rings. The molecule has 1 aromatic rings. The first-order valence-corrected chi connectivity index (χ1v) is 6.60. The Morgan fingerprint density at radius 1 is 1.21 bits per heavy atom. The summed E-state index contributed by atoms with van der Waals surface area (Å²) in [6, 6.07) is 0. The van der Waals surface area contributed by atoms with Crippen LogP contribution in [0.3, 0.4) is 0 Å². The second kappa shape index (κ2) is 6.18. The summed E-state index contributed by atoms with van der Waals surface area (Å²) in [5.74, 6) is 0.838. The van der Waals surface area contributed by atoms with Crippen molar-refractivity contribution in [3.8, 4) is 0 Å². The van der Waals surface area contributed by atoms with Crippen molar-refractivity contribution >= 4 is 11.3 Å². The predicted molar refractivity (Wildman–Crippen MR) is 64.0 cm³/mol. The third-order valence-corrected chi connectivity index (χ3v) is 3.72. The highest BCUT2D eigenvalue weighted by atomic mass is 32.1. The average Bonchev–Trinajstić information content (AvgIpc) is 2.69. The van der Waals surface area contributed by atoms with E-state index in [-0.39, 0.29) is 0 Å². The summed E-state index contributed by atoms with van der Waals surface area (Å²) in [7, 11) is 0. The van der Waals surface area contributed by atoms with Crippen LogP contribution in [-0.2, 0) is 0 Å².